The van der Waals surface area contributed by atoms with Gasteiger partial charge < -0.3 is 31.7 Å². The Morgan fingerprint density at radius 3 is 1.70 bits per heavy atom. The lowest BCUT2D eigenvalue weighted by Gasteiger charge is -2.26. The molecule has 2 aliphatic rings. The number of hydrogen-bond donors (Lipinski definition) is 6. The molecule has 0 fully saturated rings. The SMILES string of the molecule is O=C1CCC(=O)N[C@H](Cc2cccs2)C(=O)N[C@@H](Cc2ccc(-c3ccccc3)cc2)C(=O)N[C@H](Cc2ccccc2)C(=O)N[C@@H](C(=O)O)Cc2ccc(cc2)N1. The number of benzene rings is 4. The third kappa shape index (κ3) is 11.7. The smallest absolute Gasteiger partial charge is 0.326 e. The van der Waals surface area contributed by atoms with Crippen LogP contribution in [-0.4, -0.2) is 64.8 Å². The van der Waals surface area contributed by atoms with Gasteiger partial charge in [0.05, 0.1) is 0 Å². The normalized spacial score (nSPS) is 19.9. The predicted octanol–water partition coefficient (Wildman–Crippen LogP) is 4.44. The molecule has 2 bridgehead atoms. The number of carboxylic acid groups (broad SMARTS) is 1. The minimum absolute atomic E-state index is 0.0275. The summed E-state index contributed by atoms with van der Waals surface area (Å²) in [6.07, 6.45) is -0.261. The molecule has 7 rings (SSSR count). The number of carbonyl (C=O) groups is 6. The summed E-state index contributed by atoms with van der Waals surface area (Å²) >= 11 is 1.41. The van der Waals surface area contributed by atoms with Gasteiger partial charge in [-0.15, -0.1) is 11.3 Å². The van der Waals surface area contributed by atoms with Crippen molar-refractivity contribution in [3.63, 3.8) is 0 Å². The van der Waals surface area contributed by atoms with Crippen molar-refractivity contribution in [2.24, 2.45) is 0 Å². The van der Waals surface area contributed by atoms with Crippen molar-refractivity contribution >= 4 is 52.5 Å². The fraction of sp³-hybridized carbons (Fsp3) is 0.227. The Morgan fingerprint density at radius 2 is 1.11 bits per heavy atom. The van der Waals surface area contributed by atoms with Crippen LogP contribution in [0.2, 0.25) is 0 Å². The zero-order chi connectivity index (χ0) is 40.1. The van der Waals surface area contributed by atoms with Gasteiger partial charge in [0.15, 0.2) is 0 Å². The number of nitrogens with one attached hydrogen (secondary N) is 5. The van der Waals surface area contributed by atoms with Crippen molar-refractivity contribution in [3.8, 4) is 11.1 Å². The number of hydrogen-bond acceptors (Lipinski definition) is 7. The van der Waals surface area contributed by atoms with E-state index in [2.05, 4.69) is 26.6 Å². The first-order valence-corrected chi connectivity index (χ1v) is 19.5. The van der Waals surface area contributed by atoms with Crippen molar-refractivity contribution in [2.45, 2.75) is 62.7 Å². The Hall–Kier alpha value is -6.60. The van der Waals surface area contributed by atoms with Gasteiger partial charge in [0.25, 0.3) is 0 Å². The molecule has 6 N–H and O–H groups in total. The number of anilines is 1. The summed E-state index contributed by atoms with van der Waals surface area (Å²) in [4.78, 5) is 81.8. The summed E-state index contributed by atoms with van der Waals surface area (Å²) in [5.74, 6) is -4.28. The van der Waals surface area contributed by atoms with Gasteiger partial charge in [-0.1, -0.05) is 103 Å². The molecule has 2 aliphatic heterocycles. The van der Waals surface area contributed by atoms with Gasteiger partial charge in [-0.25, -0.2) is 4.79 Å². The van der Waals surface area contributed by atoms with Crippen molar-refractivity contribution in [1.29, 1.82) is 0 Å². The lowest BCUT2D eigenvalue weighted by Crippen LogP contribution is -2.59. The Morgan fingerprint density at radius 1 is 0.561 bits per heavy atom. The van der Waals surface area contributed by atoms with Crippen LogP contribution in [0.4, 0.5) is 5.69 Å². The maximum absolute atomic E-state index is 14.4. The summed E-state index contributed by atoms with van der Waals surface area (Å²) in [7, 11) is 0. The fourth-order valence-electron chi connectivity index (χ4n) is 6.50. The number of carboxylic acids is 1. The summed E-state index contributed by atoms with van der Waals surface area (Å²) < 4.78 is 0. The molecule has 4 atom stereocenters. The molecular weight excluding hydrogens is 743 g/mol. The predicted molar refractivity (Wildman–Crippen MR) is 217 cm³/mol. The van der Waals surface area contributed by atoms with E-state index in [9.17, 15) is 33.9 Å². The van der Waals surface area contributed by atoms with Crippen molar-refractivity contribution in [2.75, 3.05) is 5.32 Å². The van der Waals surface area contributed by atoms with E-state index in [0.717, 1.165) is 16.0 Å². The number of fused-ring (bicyclic) bond motifs is 18. The quantitative estimate of drug-likeness (QED) is 0.126. The van der Waals surface area contributed by atoms with E-state index in [1.54, 1.807) is 48.5 Å². The van der Waals surface area contributed by atoms with Gasteiger partial charge in [0, 0.05) is 49.1 Å². The summed E-state index contributed by atoms with van der Waals surface area (Å²) in [5, 5.41) is 25.7. The highest BCUT2D eigenvalue weighted by molar-refractivity contribution is 7.09. The first-order valence-electron chi connectivity index (χ1n) is 18.6. The number of thiophene rings is 1. The zero-order valence-electron chi connectivity index (χ0n) is 31.0. The maximum atomic E-state index is 14.4. The van der Waals surface area contributed by atoms with E-state index in [4.69, 9.17) is 0 Å². The molecule has 3 heterocycles. The molecule has 57 heavy (non-hydrogen) atoms. The lowest BCUT2D eigenvalue weighted by molar-refractivity contribution is -0.142. The van der Waals surface area contributed by atoms with E-state index >= 15 is 0 Å². The molecule has 4 aromatic carbocycles. The summed E-state index contributed by atoms with van der Waals surface area (Å²) in [6.45, 7) is 0. The van der Waals surface area contributed by atoms with Crippen LogP contribution in [0.3, 0.4) is 0 Å². The molecule has 0 saturated heterocycles. The minimum Gasteiger partial charge on any atom is -0.480 e. The van der Waals surface area contributed by atoms with Gasteiger partial charge in [0.1, 0.15) is 24.2 Å². The van der Waals surface area contributed by atoms with Crippen LogP contribution in [0.1, 0.15) is 34.4 Å². The third-order valence-corrected chi connectivity index (χ3v) is 10.5. The van der Waals surface area contributed by atoms with Gasteiger partial charge in [0.2, 0.25) is 29.5 Å². The first kappa shape index (κ1) is 40.1. The molecule has 5 aromatic rings. The van der Waals surface area contributed by atoms with E-state index < -0.39 is 59.7 Å². The highest BCUT2D eigenvalue weighted by Crippen LogP contribution is 2.21. The van der Waals surface area contributed by atoms with Crippen LogP contribution < -0.4 is 26.6 Å². The van der Waals surface area contributed by atoms with Crippen molar-refractivity contribution in [3.05, 3.63) is 148 Å². The number of carbonyl (C=O) groups excluding carboxylic acids is 5. The fourth-order valence-corrected chi connectivity index (χ4v) is 7.25. The zero-order valence-corrected chi connectivity index (χ0v) is 31.8. The molecule has 1 aromatic heterocycles. The average molecular weight is 786 g/mol. The second-order valence-corrected chi connectivity index (χ2v) is 14.9. The summed E-state index contributed by atoms with van der Waals surface area (Å²) in [5.41, 5.74) is 4.40. The Bertz CT molecular complexity index is 2160. The number of aliphatic carboxylic acids is 1. The molecular formula is C44H43N5O7S. The Labute approximate surface area is 334 Å². The molecule has 0 aliphatic carbocycles. The van der Waals surface area contributed by atoms with E-state index in [1.165, 1.54) is 11.3 Å². The Balaban J connectivity index is 1.34. The highest BCUT2D eigenvalue weighted by Gasteiger charge is 2.32. The van der Waals surface area contributed by atoms with Gasteiger partial charge in [-0.05, 0) is 51.4 Å². The number of amides is 5. The van der Waals surface area contributed by atoms with Gasteiger partial charge in [-0.3, -0.25) is 24.0 Å². The highest BCUT2D eigenvalue weighted by atomic mass is 32.1. The van der Waals surface area contributed by atoms with Gasteiger partial charge >= 0.3 is 5.97 Å². The Kier molecular flexibility index (Phi) is 13.6. The molecule has 12 nitrogen and oxygen atoms in total. The molecule has 0 spiro atoms. The molecule has 5 amide bonds. The second-order valence-electron chi connectivity index (χ2n) is 13.8. The second kappa shape index (κ2) is 19.3. The third-order valence-electron chi connectivity index (χ3n) is 9.56. The van der Waals surface area contributed by atoms with Crippen molar-refractivity contribution < 1.29 is 33.9 Å². The monoisotopic (exact) mass is 785 g/mol. The van der Waals surface area contributed by atoms with Crippen LogP contribution in [0.5, 0.6) is 0 Å². The molecule has 0 radical (unpaired) electrons. The van der Waals surface area contributed by atoms with Crippen LogP contribution in [0.15, 0.2) is 127 Å². The van der Waals surface area contributed by atoms with E-state index in [1.807, 2.05) is 78.2 Å². The van der Waals surface area contributed by atoms with Crippen LogP contribution >= 0.6 is 11.3 Å². The summed E-state index contributed by atoms with van der Waals surface area (Å²) in [6, 6.07) is 31.5. The first-order chi connectivity index (χ1) is 27.6. The standard InChI is InChI=1S/C44H43N5O7S/c50-39-21-22-40(51)46-37(27-34-12-7-23-57-34)43(54)48-36(25-29-13-17-32(18-14-29)31-10-5-2-6-11-31)41(52)47-35(24-28-8-3-1-4-9-28)42(53)49-38(44(55)56)26-30-15-19-33(45-39)20-16-30/h1-20,23,35-38H,21-22,24-27H2,(H,45,50)(H,46,51)(H,47,52)(H,48,54)(H,49,53)(H,55,56)/t35-,36+,37-,38-/m1/s1. The molecule has 292 valence electrons. The topological polar surface area (TPSA) is 183 Å². The average Bonchev–Trinajstić information content (AvgIpc) is 3.73. The minimum atomic E-state index is -1.35. The molecule has 13 heteroatoms. The molecule has 0 unspecified atom stereocenters. The van der Waals surface area contributed by atoms with E-state index in [-0.39, 0.29) is 38.5 Å². The van der Waals surface area contributed by atoms with E-state index in [0.29, 0.717) is 22.4 Å². The van der Waals surface area contributed by atoms with Crippen molar-refractivity contribution in [1.82, 2.24) is 21.3 Å². The van der Waals surface area contributed by atoms with Crippen LogP contribution in [-0.2, 0) is 54.5 Å². The van der Waals surface area contributed by atoms with Crippen LogP contribution in [0.25, 0.3) is 11.1 Å². The lowest BCUT2D eigenvalue weighted by atomic mass is 9.99. The van der Waals surface area contributed by atoms with Crippen LogP contribution in [0, 0.1) is 0 Å². The van der Waals surface area contributed by atoms with Gasteiger partial charge in [-0.2, -0.15) is 0 Å². The largest absolute Gasteiger partial charge is 0.480 e. The maximum Gasteiger partial charge on any atom is 0.326 e. The molecule has 0 saturated carbocycles. The number of rotatable bonds is 8.